The maximum atomic E-state index is 13.1. The molecule has 0 radical (unpaired) electrons. The number of urea groups is 1. The van der Waals surface area contributed by atoms with E-state index >= 15 is 0 Å². The molecule has 2 aliphatic rings. The predicted molar refractivity (Wildman–Crippen MR) is 83.4 cm³/mol. The number of piperidine rings is 1. The van der Waals surface area contributed by atoms with Crippen LogP contribution in [0.3, 0.4) is 0 Å². The lowest BCUT2D eigenvalue weighted by Crippen LogP contribution is -2.56. The number of carbonyl (C=O) groups excluding carboxylic acids is 2. The van der Waals surface area contributed by atoms with Crippen LogP contribution < -0.4 is 5.32 Å². The molecule has 0 aromatic rings. The van der Waals surface area contributed by atoms with Crippen LogP contribution in [0.4, 0.5) is 18.0 Å². The van der Waals surface area contributed by atoms with Crippen molar-refractivity contribution in [2.24, 2.45) is 5.92 Å². The van der Waals surface area contributed by atoms with Crippen molar-refractivity contribution < 1.29 is 22.8 Å². The van der Waals surface area contributed by atoms with E-state index in [0.29, 0.717) is 38.8 Å². The highest BCUT2D eigenvalue weighted by atomic mass is 19.4. The molecule has 5 nitrogen and oxygen atoms in total. The van der Waals surface area contributed by atoms with Gasteiger partial charge in [-0.15, -0.1) is 0 Å². The molecule has 0 aromatic heterocycles. The Morgan fingerprint density at radius 3 is 2.38 bits per heavy atom. The Morgan fingerprint density at radius 1 is 1.29 bits per heavy atom. The largest absolute Gasteiger partial charge is 0.408 e. The minimum atomic E-state index is -4.45. The molecule has 2 heterocycles. The van der Waals surface area contributed by atoms with Crippen molar-refractivity contribution in [2.45, 2.75) is 64.2 Å². The van der Waals surface area contributed by atoms with Gasteiger partial charge in [-0.25, -0.2) is 4.79 Å². The first-order valence-corrected chi connectivity index (χ1v) is 8.65. The Morgan fingerprint density at radius 2 is 1.92 bits per heavy atom. The molecule has 1 N–H and O–H groups in total. The van der Waals surface area contributed by atoms with Crippen LogP contribution in [0.2, 0.25) is 0 Å². The Labute approximate surface area is 140 Å². The third kappa shape index (κ3) is 4.33. The van der Waals surface area contributed by atoms with Gasteiger partial charge in [-0.3, -0.25) is 4.79 Å². The summed E-state index contributed by atoms with van der Waals surface area (Å²) in [5.41, 5.74) is 0. The summed E-state index contributed by atoms with van der Waals surface area (Å²) in [5.74, 6) is -0.527. The molecule has 138 valence electrons. The Hall–Kier alpha value is -1.47. The average Bonchev–Trinajstić information content (AvgIpc) is 2.96. The van der Waals surface area contributed by atoms with Crippen molar-refractivity contribution in [2.75, 3.05) is 19.6 Å². The highest BCUT2D eigenvalue weighted by molar-refractivity contribution is 5.78. The van der Waals surface area contributed by atoms with Crippen LogP contribution in [-0.4, -0.2) is 59.6 Å². The second-order valence-electron chi connectivity index (χ2n) is 6.76. The number of rotatable bonds is 4. The van der Waals surface area contributed by atoms with E-state index in [1.807, 2.05) is 4.90 Å². The molecule has 0 aliphatic carbocycles. The van der Waals surface area contributed by atoms with Crippen molar-refractivity contribution in [3.05, 3.63) is 0 Å². The molecular formula is C16H26F3N3O2. The molecular weight excluding hydrogens is 323 g/mol. The molecule has 0 bridgehead atoms. The molecule has 0 saturated carbocycles. The maximum absolute atomic E-state index is 13.1. The molecule has 2 rings (SSSR count). The minimum absolute atomic E-state index is 0.108. The molecule has 24 heavy (non-hydrogen) atoms. The zero-order valence-electron chi connectivity index (χ0n) is 14.2. The van der Waals surface area contributed by atoms with E-state index in [1.165, 1.54) is 11.8 Å². The van der Waals surface area contributed by atoms with Crippen LogP contribution >= 0.6 is 0 Å². The number of likely N-dealkylation sites (tertiary alicyclic amines) is 2. The highest BCUT2D eigenvalue weighted by Crippen LogP contribution is 2.28. The van der Waals surface area contributed by atoms with Crippen LogP contribution in [0.15, 0.2) is 0 Å². The fourth-order valence-electron chi connectivity index (χ4n) is 3.44. The van der Waals surface area contributed by atoms with Crippen molar-refractivity contribution in [3.8, 4) is 0 Å². The molecule has 0 spiro atoms. The fourth-order valence-corrected chi connectivity index (χ4v) is 3.44. The molecule has 0 aromatic carbocycles. The van der Waals surface area contributed by atoms with Crippen LogP contribution in [0, 0.1) is 5.92 Å². The van der Waals surface area contributed by atoms with Crippen molar-refractivity contribution in [3.63, 3.8) is 0 Å². The number of amides is 3. The van der Waals surface area contributed by atoms with E-state index in [4.69, 9.17) is 0 Å². The number of carbonyl (C=O) groups is 2. The van der Waals surface area contributed by atoms with Gasteiger partial charge in [0.05, 0.1) is 0 Å². The summed E-state index contributed by atoms with van der Waals surface area (Å²) in [6.07, 6.45) is -1.43. The van der Waals surface area contributed by atoms with Crippen molar-refractivity contribution in [1.29, 1.82) is 0 Å². The molecule has 3 amide bonds. The van der Waals surface area contributed by atoms with Gasteiger partial charge in [0.2, 0.25) is 5.91 Å². The monoisotopic (exact) mass is 349 g/mol. The smallest absolute Gasteiger partial charge is 0.340 e. The quantitative estimate of drug-likeness (QED) is 0.848. The van der Waals surface area contributed by atoms with E-state index in [1.54, 1.807) is 6.92 Å². The van der Waals surface area contributed by atoms with Gasteiger partial charge < -0.3 is 15.1 Å². The van der Waals surface area contributed by atoms with E-state index in [0.717, 1.165) is 13.0 Å². The summed E-state index contributed by atoms with van der Waals surface area (Å²) in [6, 6.07) is -2.38. The topological polar surface area (TPSA) is 52.7 Å². The predicted octanol–water partition coefficient (Wildman–Crippen LogP) is 2.76. The zero-order valence-corrected chi connectivity index (χ0v) is 14.2. The number of nitrogens with zero attached hydrogens (tertiary/aromatic N) is 2. The van der Waals surface area contributed by atoms with Gasteiger partial charge in [0.1, 0.15) is 6.04 Å². The standard InChI is InChI=1S/C16H26F3N3O2/c1-3-11(2)14(16(17,18)19)20-15(24)21-9-6-12(7-10-21)22-8-4-5-13(22)23/h11-12,14H,3-10H2,1-2H3,(H,20,24)/t11-,14-/m1/s1. The molecule has 0 unspecified atom stereocenters. The number of alkyl halides is 3. The molecule has 8 heteroatoms. The van der Waals surface area contributed by atoms with Crippen molar-refractivity contribution in [1.82, 2.24) is 15.1 Å². The normalized spacial score (nSPS) is 22.6. The van der Waals surface area contributed by atoms with E-state index in [-0.39, 0.29) is 11.9 Å². The minimum Gasteiger partial charge on any atom is -0.340 e. The first kappa shape index (κ1) is 18.9. The maximum Gasteiger partial charge on any atom is 0.408 e. The van der Waals surface area contributed by atoms with Gasteiger partial charge in [-0.05, 0) is 25.2 Å². The van der Waals surface area contributed by atoms with Gasteiger partial charge in [0.15, 0.2) is 0 Å². The summed E-state index contributed by atoms with van der Waals surface area (Å²) in [5, 5.41) is 2.15. The van der Waals surface area contributed by atoms with E-state index < -0.39 is 24.2 Å². The number of hydrogen-bond acceptors (Lipinski definition) is 2. The molecule has 2 saturated heterocycles. The Balaban J connectivity index is 1.88. The van der Waals surface area contributed by atoms with Crippen LogP contribution in [0.5, 0.6) is 0 Å². The molecule has 2 fully saturated rings. The average molecular weight is 349 g/mol. The lowest BCUT2D eigenvalue weighted by atomic mass is 9.98. The van der Waals surface area contributed by atoms with Crippen molar-refractivity contribution >= 4 is 11.9 Å². The van der Waals surface area contributed by atoms with Gasteiger partial charge in [0.25, 0.3) is 0 Å². The highest BCUT2D eigenvalue weighted by Gasteiger charge is 2.44. The second-order valence-corrected chi connectivity index (χ2v) is 6.76. The first-order valence-electron chi connectivity index (χ1n) is 8.65. The summed E-state index contributed by atoms with van der Waals surface area (Å²) in [6.45, 7) is 4.67. The first-order chi connectivity index (χ1) is 11.2. The molecule has 2 aliphatic heterocycles. The zero-order chi connectivity index (χ0) is 17.9. The third-order valence-electron chi connectivity index (χ3n) is 5.15. The Kier molecular flexibility index (Phi) is 5.98. The van der Waals surface area contributed by atoms with Gasteiger partial charge in [0, 0.05) is 32.1 Å². The Bertz CT molecular complexity index is 462. The number of halogens is 3. The van der Waals surface area contributed by atoms with Gasteiger partial charge in [-0.1, -0.05) is 20.3 Å². The van der Waals surface area contributed by atoms with E-state index in [9.17, 15) is 22.8 Å². The van der Waals surface area contributed by atoms with Gasteiger partial charge in [-0.2, -0.15) is 13.2 Å². The number of nitrogens with one attached hydrogen (secondary N) is 1. The summed E-state index contributed by atoms with van der Waals surface area (Å²) >= 11 is 0. The van der Waals surface area contributed by atoms with Gasteiger partial charge >= 0.3 is 12.2 Å². The van der Waals surface area contributed by atoms with Crippen LogP contribution in [0.1, 0.15) is 46.0 Å². The lowest BCUT2D eigenvalue weighted by Gasteiger charge is -2.37. The van der Waals surface area contributed by atoms with E-state index in [2.05, 4.69) is 5.32 Å². The second kappa shape index (κ2) is 7.61. The number of hydrogen-bond donors (Lipinski definition) is 1. The van der Waals surface area contributed by atoms with Crippen LogP contribution in [0.25, 0.3) is 0 Å². The SMILES string of the molecule is CC[C@@H](C)[C@@H](NC(=O)N1CCC(N2CCCC2=O)CC1)C(F)(F)F. The summed E-state index contributed by atoms with van der Waals surface area (Å²) in [7, 11) is 0. The summed E-state index contributed by atoms with van der Waals surface area (Å²) < 4.78 is 39.4. The lowest BCUT2D eigenvalue weighted by molar-refractivity contribution is -0.164. The fraction of sp³-hybridized carbons (Fsp3) is 0.875. The van der Waals surface area contributed by atoms with Crippen LogP contribution in [-0.2, 0) is 4.79 Å². The third-order valence-corrected chi connectivity index (χ3v) is 5.15. The summed E-state index contributed by atoms with van der Waals surface area (Å²) in [4.78, 5) is 27.2. The molecule has 2 atom stereocenters.